The van der Waals surface area contributed by atoms with Crippen LogP contribution in [0.1, 0.15) is 29.2 Å². The van der Waals surface area contributed by atoms with Gasteiger partial charge in [0.25, 0.3) is 0 Å². The van der Waals surface area contributed by atoms with E-state index in [0.29, 0.717) is 22.5 Å². The number of hydrogen-bond acceptors (Lipinski definition) is 4. The number of alkyl halides is 3. The highest BCUT2D eigenvalue weighted by molar-refractivity contribution is 6.30. The number of anilines is 3. The third kappa shape index (κ3) is 5.22. The molecule has 9 heteroatoms. The summed E-state index contributed by atoms with van der Waals surface area (Å²) in [6, 6.07) is 26.6. The SMILES string of the molecule is Fc1ccc(C2=NN(c3ccc(Cl)cc3)C(c3cccc(Nc4ccnc5cc(C(F)(F)F)ccc45)c3)C2)cc1. The van der Waals surface area contributed by atoms with Gasteiger partial charge in [-0.2, -0.15) is 18.3 Å². The second-order valence-corrected chi connectivity index (χ2v) is 9.87. The Balaban J connectivity index is 1.33. The molecule has 0 radical (unpaired) electrons. The number of halogens is 5. The first-order valence-electron chi connectivity index (χ1n) is 12.5. The van der Waals surface area contributed by atoms with E-state index in [1.165, 1.54) is 24.4 Å². The van der Waals surface area contributed by atoms with Gasteiger partial charge in [-0.1, -0.05) is 41.9 Å². The maximum absolute atomic E-state index is 13.6. The summed E-state index contributed by atoms with van der Waals surface area (Å²) >= 11 is 6.12. The zero-order valence-electron chi connectivity index (χ0n) is 20.8. The highest BCUT2D eigenvalue weighted by Gasteiger charge is 2.31. The lowest BCUT2D eigenvalue weighted by Gasteiger charge is -2.24. The van der Waals surface area contributed by atoms with Crippen molar-refractivity contribution < 1.29 is 17.6 Å². The molecule has 0 aliphatic carbocycles. The number of fused-ring (bicyclic) bond motifs is 1. The quantitative estimate of drug-likeness (QED) is 0.218. The van der Waals surface area contributed by atoms with E-state index < -0.39 is 11.7 Å². The zero-order valence-corrected chi connectivity index (χ0v) is 21.6. The number of rotatable bonds is 5. The Hall–Kier alpha value is -4.43. The Morgan fingerprint density at radius 2 is 1.65 bits per heavy atom. The van der Waals surface area contributed by atoms with Crippen molar-refractivity contribution in [3.05, 3.63) is 131 Å². The summed E-state index contributed by atoms with van der Waals surface area (Å²) in [5.41, 5.74) is 4.38. The number of hydrogen-bond donors (Lipinski definition) is 1. The molecule has 4 nitrogen and oxygen atoms in total. The van der Waals surface area contributed by atoms with E-state index in [2.05, 4.69) is 10.3 Å². The minimum atomic E-state index is -4.44. The molecule has 0 fully saturated rings. The predicted molar refractivity (Wildman–Crippen MR) is 151 cm³/mol. The number of aromatic nitrogens is 1. The first-order chi connectivity index (χ1) is 19.2. The Bertz CT molecular complexity index is 1720. The molecule has 1 aliphatic rings. The van der Waals surface area contributed by atoms with Crippen LogP contribution in [0.4, 0.5) is 34.6 Å². The molecule has 0 saturated heterocycles. The maximum atomic E-state index is 13.6. The molecule has 6 rings (SSSR count). The first-order valence-corrected chi connectivity index (χ1v) is 12.8. The Kier molecular flexibility index (Phi) is 6.64. The van der Waals surface area contributed by atoms with Crippen molar-refractivity contribution in [2.75, 3.05) is 10.3 Å². The van der Waals surface area contributed by atoms with Crippen LogP contribution in [0.2, 0.25) is 5.02 Å². The van der Waals surface area contributed by atoms with E-state index in [-0.39, 0.29) is 17.4 Å². The average Bonchev–Trinajstić information content (AvgIpc) is 3.39. The Labute approximate surface area is 232 Å². The molecule has 1 aliphatic heterocycles. The summed E-state index contributed by atoms with van der Waals surface area (Å²) in [7, 11) is 0. The molecular weight excluding hydrogens is 540 g/mol. The van der Waals surface area contributed by atoms with Crippen LogP contribution in [0.25, 0.3) is 10.9 Å². The molecule has 0 bridgehead atoms. The third-order valence-electron chi connectivity index (χ3n) is 6.80. The molecule has 1 aromatic heterocycles. The van der Waals surface area contributed by atoms with Gasteiger partial charge in [-0.25, -0.2) is 4.39 Å². The molecule has 0 spiro atoms. The van der Waals surface area contributed by atoms with E-state index in [9.17, 15) is 17.6 Å². The van der Waals surface area contributed by atoms with E-state index in [4.69, 9.17) is 16.7 Å². The molecule has 2 heterocycles. The molecule has 5 aromatic rings. The smallest absolute Gasteiger partial charge is 0.355 e. The average molecular weight is 561 g/mol. The van der Waals surface area contributed by atoms with Gasteiger partial charge in [0.15, 0.2) is 0 Å². The topological polar surface area (TPSA) is 40.5 Å². The lowest BCUT2D eigenvalue weighted by Crippen LogP contribution is -2.18. The van der Waals surface area contributed by atoms with Gasteiger partial charge in [-0.15, -0.1) is 0 Å². The predicted octanol–water partition coefficient (Wildman–Crippen LogP) is 9.15. The maximum Gasteiger partial charge on any atom is 0.416 e. The van der Waals surface area contributed by atoms with Crippen LogP contribution in [0.5, 0.6) is 0 Å². The van der Waals surface area contributed by atoms with Gasteiger partial charge in [-0.3, -0.25) is 9.99 Å². The summed E-state index contributed by atoms with van der Waals surface area (Å²) in [4.78, 5) is 4.14. The lowest BCUT2D eigenvalue weighted by atomic mass is 9.97. The van der Waals surface area contributed by atoms with Gasteiger partial charge < -0.3 is 5.32 Å². The molecule has 40 heavy (non-hydrogen) atoms. The summed E-state index contributed by atoms with van der Waals surface area (Å²) in [6.45, 7) is 0. The van der Waals surface area contributed by atoms with Crippen molar-refractivity contribution in [2.45, 2.75) is 18.6 Å². The zero-order chi connectivity index (χ0) is 27.9. The second kappa shape index (κ2) is 10.3. The molecule has 1 unspecified atom stereocenters. The van der Waals surface area contributed by atoms with Crippen LogP contribution in [-0.4, -0.2) is 10.7 Å². The minimum Gasteiger partial charge on any atom is -0.355 e. The van der Waals surface area contributed by atoms with Crippen LogP contribution in [0, 0.1) is 5.82 Å². The number of nitrogens with zero attached hydrogens (tertiary/aromatic N) is 3. The van der Waals surface area contributed by atoms with Crippen molar-refractivity contribution in [3.8, 4) is 0 Å². The standard InChI is InChI=1S/C31H21ClF4N4/c32-22-7-11-25(12-8-22)40-30(18-28(39-40)19-4-9-23(33)10-5-19)20-2-1-3-24(16-20)38-27-14-15-37-29-17-21(31(34,35)36)6-13-26(27)29/h1-17,30H,18H2,(H,37,38). The lowest BCUT2D eigenvalue weighted by molar-refractivity contribution is -0.137. The Morgan fingerprint density at radius 1 is 0.875 bits per heavy atom. The molecule has 0 saturated carbocycles. The van der Waals surface area contributed by atoms with Gasteiger partial charge in [-0.05, 0) is 77.9 Å². The van der Waals surface area contributed by atoms with Crippen molar-refractivity contribution in [1.82, 2.24) is 4.98 Å². The fraction of sp³-hybridized carbons (Fsp3) is 0.0968. The number of nitrogens with one attached hydrogen (secondary N) is 1. The number of pyridine rings is 1. The summed E-state index contributed by atoms with van der Waals surface area (Å²) in [5, 5.41) is 11.3. The minimum absolute atomic E-state index is 0.161. The summed E-state index contributed by atoms with van der Waals surface area (Å²) in [6.07, 6.45) is -2.38. The first kappa shape index (κ1) is 25.8. The molecular formula is C31H21ClF4N4. The van der Waals surface area contributed by atoms with E-state index in [1.54, 1.807) is 30.3 Å². The van der Waals surface area contributed by atoms with Gasteiger partial charge in [0.1, 0.15) is 5.82 Å². The second-order valence-electron chi connectivity index (χ2n) is 9.43. The van der Waals surface area contributed by atoms with Crippen molar-refractivity contribution in [2.24, 2.45) is 5.10 Å². The van der Waals surface area contributed by atoms with Gasteiger partial charge in [0.2, 0.25) is 0 Å². The number of hydrazone groups is 1. The fourth-order valence-electron chi connectivity index (χ4n) is 4.83. The van der Waals surface area contributed by atoms with Crippen LogP contribution in [-0.2, 0) is 6.18 Å². The van der Waals surface area contributed by atoms with Gasteiger partial charge in [0.05, 0.1) is 28.5 Å². The van der Waals surface area contributed by atoms with Crippen molar-refractivity contribution in [1.29, 1.82) is 0 Å². The van der Waals surface area contributed by atoms with Crippen LogP contribution >= 0.6 is 11.6 Å². The van der Waals surface area contributed by atoms with Crippen molar-refractivity contribution >= 4 is 45.3 Å². The summed E-state index contributed by atoms with van der Waals surface area (Å²) < 4.78 is 53.2. The monoisotopic (exact) mass is 560 g/mol. The molecule has 1 atom stereocenters. The van der Waals surface area contributed by atoms with Crippen molar-refractivity contribution in [3.63, 3.8) is 0 Å². The van der Waals surface area contributed by atoms with Crippen LogP contribution in [0.15, 0.2) is 108 Å². The molecule has 0 amide bonds. The largest absolute Gasteiger partial charge is 0.416 e. The van der Waals surface area contributed by atoms with E-state index >= 15 is 0 Å². The van der Waals surface area contributed by atoms with Gasteiger partial charge in [0, 0.05) is 34.4 Å². The molecule has 200 valence electrons. The van der Waals surface area contributed by atoms with Crippen LogP contribution < -0.4 is 10.3 Å². The number of benzene rings is 4. The highest BCUT2D eigenvalue weighted by atomic mass is 35.5. The highest BCUT2D eigenvalue weighted by Crippen LogP contribution is 2.39. The molecule has 4 aromatic carbocycles. The fourth-order valence-corrected chi connectivity index (χ4v) is 4.96. The van der Waals surface area contributed by atoms with Gasteiger partial charge >= 0.3 is 6.18 Å². The third-order valence-corrected chi connectivity index (χ3v) is 7.05. The van der Waals surface area contributed by atoms with E-state index in [0.717, 1.165) is 40.3 Å². The normalized spacial score (nSPS) is 15.4. The Morgan fingerprint density at radius 3 is 2.40 bits per heavy atom. The molecule has 1 N–H and O–H groups in total. The van der Waals surface area contributed by atoms with Crippen LogP contribution in [0.3, 0.4) is 0 Å². The van der Waals surface area contributed by atoms with E-state index in [1.807, 2.05) is 41.4 Å². The summed E-state index contributed by atoms with van der Waals surface area (Å²) in [5.74, 6) is -0.314.